The van der Waals surface area contributed by atoms with E-state index in [1.807, 2.05) is 11.9 Å². The Kier molecular flexibility index (Phi) is 9.78. The van der Waals surface area contributed by atoms with Crippen LogP contribution < -0.4 is 5.32 Å². The number of likely N-dealkylation sites (tertiary alicyclic amines) is 1. The standard InChI is InChI=1S/C18H35N2O9PS/c1-5-6-10-7-11(20(3)8-10)17(24)19-12(9(2)21)15-13(22)14(23)16(18(28-15)31-4)29-30(25,26)27/h9-16,18,21-23H,5-8H2,1-4H3,(H,19,24)(H2,25,26,27)/t9-,10+,11-,12+,13+,14-,15+,16+,18+/m0/s1. The minimum atomic E-state index is -4.96. The van der Waals surface area contributed by atoms with Crippen LogP contribution in [0.2, 0.25) is 0 Å². The van der Waals surface area contributed by atoms with E-state index in [-0.39, 0.29) is 11.9 Å². The number of hydrogen-bond donors (Lipinski definition) is 6. The number of carbonyl (C=O) groups is 1. The van der Waals surface area contributed by atoms with Crippen molar-refractivity contribution in [2.45, 2.75) is 81.1 Å². The summed E-state index contributed by atoms with van der Waals surface area (Å²) >= 11 is 1.02. The Bertz CT molecular complexity index is 650. The van der Waals surface area contributed by atoms with Crippen LogP contribution in [0.3, 0.4) is 0 Å². The Morgan fingerprint density at radius 1 is 1.35 bits per heavy atom. The van der Waals surface area contributed by atoms with Gasteiger partial charge in [-0.25, -0.2) is 4.57 Å². The van der Waals surface area contributed by atoms with Gasteiger partial charge < -0.3 is 35.2 Å². The SMILES string of the molecule is CCC[C@@H]1C[C@@H](C(=O)N[C@@H]([C@H]2O[C@H](SC)[C@H](OP(=O)(O)O)[C@@H](O)[C@H]2O)[C@H](C)O)N(C)C1. The molecule has 0 saturated carbocycles. The van der Waals surface area contributed by atoms with E-state index in [0.717, 1.165) is 31.1 Å². The van der Waals surface area contributed by atoms with Crippen LogP contribution >= 0.6 is 19.6 Å². The van der Waals surface area contributed by atoms with Crippen LogP contribution in [-0.4, -0.2) is 104 Å². The Labute approximate surface area is 186 Å². The van der Waals surface area contributed by atoms with E-state index in [1.165, 1.54) is 6.92 Å². The molecule has 2 saturated heterocycles. The number of nitrogens with zero attached hydrogens (tertiary/aromatic N) is 1. The van der Waals surface area contributed by atoms with Crippen molar-refractivity contribution in [3.05, 3.63) is 0 Å². The number of likely N-dealkylation sites (N-methyl/N-ethyl adjacent to an activating group) is 1. The summed E-state index contributed by atoms with van der Waals surface area (Å²) in [6.45, 7) is 4.32. The minimum absolute atomic E-state index is 0.313. The second-order valence-corrected chi connectivity index (χ2v) is 10.5. The maximum absolute atomic E-state index is 13.0. The molecular weight excluding hydrogens is 451 g/mol. The van der Waals surface area contributed by atoms with Crippen LogP contribution in [-0.2, 0) is 18.6 Å². The third-order valence-electron chi connectivity index (χ3n) is 5.89. The van der Waals surface area contributed by atoms with Gasteiger partial charge in [0.1, 0.15) is 29.9 Å². The molecule has 1 amide bonds. The number of amides is 1. The van der Waals surface area contributed by atoms with E-state index < -0.39 is 49.8 Å². The number of phosphoric acid groups is 1. The van der Waals surface area contributed by atoms with Crippen molar-refractivity contribution in [3.63, 3.8) is 0 Å². The molecule has 0 aromatic heterocycles. The maximum Gasteiger partial charge on any atom is 0.470 e. The summed E-state index contributed by atoms with van der Waals surface area (Å²) in [6, 6.07) is -1.44. The van der Waals surface area contributed by atoms with Gasteiger partial charge in [-0.1, -0.05) is 13.3 Å². The summed E-state index contributed by atoms with van der Waals surface area (Å²) in [5.41, 5.74) is -1.04. The van der Waals surface area contributed by atoms with Gasteiger partial charge in [0.25, 0.3) is 0 Å². The van der Waals surface area contributed by atoms with E-state index in [1.54, 1.807) is 6.26 Å². The molecule has 6 N–H and O–H groups in total. The first-order chi connectivity index (χ1) is 14.4. The van der Waals surface area contributed by atoms with Gasteiger partial charge in [0.2, 0.25) is 5.91 Å². The first-order valence-electron chi connectivity index (χ1n) is 10.4. The summed E-state index contributed by atoms with van der Waals surface area (Å²) in [6.07, 6.45) is -2.90. The lowest BCUT2D eigenvalue weighted by Gasteiger charge is -2.45. The highest BCUT2D eigenvalue weighted by atomic mass is 32.2. The average molecular weight is 487 g/mol. The Morgan fingerprint density at radius 2 is 2.00 bits per heavy atom. The molecular formula is C18H35N2O9PS. The molecule has 2 rings (SSSR count). The van der Waals surface area contributed by atoms with Gasteiger partial charge in [-0.05, 0) is 39.0 Å². The number of hydrogen-bond acceptors (Lipinski definition) is 9. The molecule has 11 nitrogen and oxygen atoms in total. The molecule has 2 aliphatic heterocycles. The molecule has 0 aromatic carbocycles. The van der Waals surface area contributed by atoms with Gasteiger partial charge in [-0.2, -0.15) is 0 Å². The zero-order valence-electron chi connectivity index (χ0n) is 18.2. The molecule has 0 radical (unpaired) electrons. The van der Waals surface area contributed by atoms with Crippen molar-refractivity contribution < 1.29 is 43.7 Å². The van der Waals surface area contributed by atoms with Crippen molar-refractivity contribution in [1.82, 2.24) is 10.2 Å². The fraction of sp³-hybridized carbons (Fsp3) is 0.944. The summed E-state index contributed by atoms with van der Waals surface area (Å²) in [4.78, 5) is 33.1. The highest BCUT2D eigenvalue weighted by Gasteiger charge is 2.51. The van der Waals surface area contributed by atoms with Crippen LogP contribution in [0.15, 0.2) is 0 Å². The van der Waals surface area contributed by atoms with Crippen LogP contribution in [0.25, 0.3) is 0 Å². The van der Waals surface area contributed by atoms with Gasteiger partial charge in [0.05, 0.1) is 18.2 Å². The lowest BCUT2D eigenvalue weighted by atomic mass is 9.92. The smallest absolute Gasteiger partial charge is 0.391 e. The number of thioether (sulfide) groups is 1. The molecule has 0 bridgehead atoms. The van der Waals surface area contributed by atoms with E-state index >= 15 is 0 Å². The molecule has 2 heterocycles. The maximum atomic E-state index is 13.0. The summed E-state index contributed by atoms with van der Waals surface area (Å²) in [7, 11) is -3.09. The van der Waals surface area contributed by atoms with Crippen LogP contribution in [0.1, 0.15) is 33.1 Å². The van der Waals surface area contributed by atoms with Gasteiger partial charge >= 0.3 is 7.82 Å². The molecule has 13 heteroatoms. The normalized spacial score (nSPS) is 36.9. The Balaban J connectivity index is 2.15. The second-order valence-electron chi connectivity index (χ2n) is 8.37. The third kappa shape index (κ3) is 6.86. The number of nitrogens with one attached hydrogen (secondary N) is 1. The molecule has 0 unspecified atom stereocenters. The topological polar surface area (TPSA) is 169 Å². The van der Waals surface area contributed by atoms with Crippen LogP contribution in [0.4, 0.5) is 0 Å². The molecule has 0 spiro atoms. The van der Waals surface area contributed by atoms with Gasteiger partial charge in [-0.15, -0.1) is 11.8 Å². The van der Waals surface area contributed by atoms with Crippen molar-refractivity contribution in [2.24, 2.45) is 5.92 Å². The van der Waals surface area contributed by atoms with E-state index in [2.05, 4.69) is 16.8 Å². The lowest BCUT2D eigenvalue weighted by molar-refractivity contribution is -0.207. The second kappa shape index (κ2) is 11.2. The molecule has 31 heavy (non-hydrogen) atoms. The summed E-state index contributed by atoms with van der Waals surface area (Å²) in [5.74, 6) is 0.0899. The number of aliphatic hydroxyl groups excluding tert-OH is 3. The Hall–Kier alpha value is -0.270. The molecule has 2 aliphatic rings. The molecule has 182 valence electrons. The quantitative estimate of drug-likeness (QED) is 0.227. The molecule has 0 aliphatic carbocycles. The fourth-order valence-corrected chi connectivity index (χ4v) is 5.75. The van der Waals surface area contributed by atoms with Crippen molar-refractivity contribution in [1.29, 1.82) is 0 Å². The van der Waals surface area contributed by atoms with Crippen LogP contribution in [0.5, 0.6) is 0 Å². The average Bonchev–Trinajstić information content (AvgIpc) is 3.03. The van der Waals surface area contributed by atoms with E-state index in [0.29, 0.717) is 12.3 Å². The lowest BCUT2D eigenvalue weighted by Crippen LogP contribution is -2.66. The molecule has 9 atom stereocenters. The highest BCUT2D eigenvalue weighted by molar-refractivity contribution is 7.99. The van der Waals surface area contributed by atoms with Crippen molar-refractivity contribution in [3.8, 4) is 0 Å². The number of aliphatic hydroxyl groups is 3. The predicted octanol–water partition coefficient (Wildman–Crippen LogP) is -0.740. The van der Waals surface area contributed by atoms with E-state index in [4.69, 9.17) is 14.5 Å². The predicted molar refractivity (Wildman–Crippen MR) is 114 cm³/mol. The molecule has 0 aromatic rings. The van der Waals surface area contributed by atoms with Crippen LogP contribution in [0, 0.1) is 5.92 Å². The number of ether oxygens (including phenoxy) is 1. The van der Waals surface area contributed by atoms with E-state index in [9.17, 15) is 24.7 Å². The zero-order valence-corrected chi connectivity index (χ0v) is 19.9. The summed E-state index contributed by atoms with van der Waals surface area (Å²) in [5, 5.41) is 34.1. The van der Waals surface area contributed by atoms with Crippen molar-refractivity contribution >= 4 is 25.5 Å². The van der Waals surface area contributed by atoms with Gasteiger partial charge in [-0.3, -0.25) is 14.2 Å². The number of carbonyl (C=O) groups excluding carboxylic acids is 1. The Morgan fingerprint density at radius 3 is 2.52 bits per heavy atom. The fourth-order valence-electron chi connectivity index (χ4n) is 4.39. The van der Waals surface area contributed by atoms with Gasteiger partial charge in [0, 0.05) is 6.54 Å². The highest BCUT2D eigenvalue weighted by Crippen LogP contribution is 2.43. The minimum Gasteiger partial charge on any atom is -0.391 e. The molecule has 2 fully saturated rings. The first kappa shape index (κ1) is 27.0. The summed E-state index contributed by atoms with van der Waals surface area (Å²) < 4.78 is 21.6. The van der Waals surface area contributed by atoms with Gasteiger partial charge in [0.15, 0.2) is 0 Å². The number of phosphoric ester groups is 1. The monoisotopic (exact) mass is 486 g/mol. The third-order valence-corrected chi connectivity index (χ3v) is 7.25. The zero-order chi connectivity index (χ0) is 23.5. The number of rotatable bonds is 9. The first-order valence-corrected chi connectivity index (χ1v) is 13.2. The largest absolute Gasteiger partial charge is 0.470 e. The van der Waals surface area contributed by atoms with Crippen molar-refractivity contribution in [2.75, 3.05) is 19.8 Å².